The molecule has 0 aliphatic carbocycles. The summed E-state index contributed by atoms with van der Waals surface area (Å²) in [6.07, 6.45) is 0.683. The highest BCUT2D eigenvalue weighted by atomic mass is 15.1. The molecule has 0 aliphatic heterocycles. The predicted molar refractivity (Wildman–Crippen MR) is 157 cm³/mol. The van der Waals surface area contributed by atoms with E-state index in [2.05, 4.69) is 126 Å². The molecule has 0 bridgehead atoms. The molecular weight excluding hydrogens is 462 g/mol. The van der Waals surface area contributed by atoms with E-state index in [-0.39, 0.29) is 0 Å². The third-order valence-corrected chi connectivity index (χ3v) is 6.50. The Labute approximate surface area is 223 Å². The van der Waals surface area contributed by atoms with Crippen molar-refractivity contribution in [3.63, 3.8) is 0 Å². The zero-order valence-electron chi connectivity index (χ0n) is 21.0. The first kappa shape index (κ1) is 23.4. The van der Waals surface area contributed by atoms with Crippen LogP contribution in [0, 0.1) is 0 Å². The largest absolute Gasteiger partial charge is 0.311 e. The molecule has 0 radical (unpaired) electrons. The molecule has 6 rings (SSSR count). The van der Waals surface area contributed by atoms with Gasteiger partial charge in [0.05, 0.1) is 11.4 Å². The molecular formula is C35H27N3. The Hall–Kier alpha value is -5.02. The summed E-state index contributed by atoms with van der Waals surface area (Å²) in [5.74, 6) is 0. The van der Waals surface area contributed by atoms with Crippen molar-refractivity contribution >= 4 is 17.1 Å². The average Bonchev–Trinajstić information content (AvgIpc) is 3.00. The van der Waals surface area contributed by atoms with Crippen LogP contribution in [0.5, 0.6) is 0 Å². The molecule has 3 nitrogen and oxygen atoms in total. The minimum absolute atomic E-state index is 0.683. The Morgan fingerprint density at radius 2 is 0.789 bits per heavy atom. The molecule has 0 amide bonds. The molecule has 0 spiro atoms. The monoisotopic (exact) mass is 489 g/mol. The Balaban J connectivity index is 1.26. The summed E-state index contributed by atoms with van der Waals surface area (Å²) in [4.78, 5) is 12.1. The van der Waals surface area contributed by atoms with Gasteiger partial charge in [-0.25, -0.2) is 0 Å². The van der Waals surface area contributed by atoms with E-state index >= 15 is 0 Å². The standard InChI is InChI=1S/C35H27N3/c1-4-12-27(13-5-1)34-20-10-14-29(36-34)26-30-15-11-21-35(37-30)28-22-24-33(25-23-28)38(31-16-6-2-7-17-31)32-18-8-3-9-19-32/h1-25H,26H2. The van der Waals surface area contributed by atoms with Crippen molar-refractivity contribution in [2.75, 3.05) is 4.90 Å². The fraction of sp³-hybridized carbons (Fsp3) is 0.0286. The summed E-state index contributed by atoms with van der Waals surface area (Å²) >= 11 is 0. The van der Waals surface area contributed by atoms with E-state index in [1.54, 1.807) is 0 Å². The molecule has 0 saturated heterocycles. The SMILES string of the molecule is c1ccc(-c2cccc(Cc3cccc(-c4ccc(N(c5ccccc5)c5ccccc5)cc4)n3)n2)cc1. The fourth-order valence-electron chi connectivity index (χ4n) is 4.65. The molecule has 4 aromatic carbocycles. The summed E-state index contributed by atoms with van der Waals surface area (Å²) < 4.78 is 0. The van der Waals surface area contributed by atoms with E-state index in [0.717, 1.165) is 51.0 Å². The van der Waals surface area contributed by atoms with Crippen molar-refractivity contribution in [1.29, 1.82) is 0 Å². The summed E-state index contributed by atoms with van der Waals surface area (Å²) in [6, 6.07) is 52.2. The van der Waals surface area contributed by atoms with Crippen LogP contribution in [0.25, 0.3) is 22.5 Å². The van der Waals surface area contributed by atoms with Gasteiger partial charge in [0, 0.05) is 46.0 Å². The molecule has 0 unspecified atom stereocenters. The number of rotatable bonds is 7. The molecule has 2 aromatic heterocycles. The van der Waals surface area contributed by atoms with Crippen LogP contribution in [0.2, 0.25) is 0 Å². The molecule has 0 N–H and O–H groups in total. The maximum Gasteiger partial charge on any atom is 0.0705 e. The zero-order valence-corrected chi connectivity index (χ0v) is 21.0. The highest BCUT2D eigenvalue weighted by molar-refractivity contribution is 5.77. The van der Waals surface area contributed by atoms with Gasteiger partial charge in [-0.1, -0.05) is 91.0 Å². The van der Waals surface area contributed by atoms with Gasteiger partial charge >= 0.3 is 0 Å². The number of aromatic nitrogens is 2. The van der Waals surface area contributed by atoms with Crippen molar-refractivity contribution in [3.05, 3.63) is 163 Å². The minimum Gasteiger partial charge on any atom is -0.311 e. The first-order valence-electron chi connectivity index (χ1n) is 12.8. The number of hydrogen-bond donors (Lipinski definition) is 0. The quantitative estimate of drug-likeness (QED) is 0.224. The fourth-order valence-corrected chi connectivity index (χ4v) is 4.65. The number of pyridine rings is 2. The Kier molecular flexibility index (Phi) is 6.73. The molecule has 0 aliphatic rings. The zero-order chi connectivity index (χ0) is 25.6. The number of anilines is 3. The number of benzene rings is 4. The highest BCUT2D eigenvalue weighted by Gasteiger charge is 2.12. The topological polar surface area (TPSA) is 29.0 Å². The van der Waals surface area contributed by atoms with Crippen molar-refractivity contribution < 1.29 is 0 Å². The lowest BCUT2D eigenvalue weighted by Crippen LogP contribution is -2.09. The number of hydrogen-bond acceptors (Lipinski definition) is 3. The van der Waals surface area contributed by atoms with Crippen LogP contribution in [0.4, 0.5) is 17.1 Å². The lowest BCUT2D eigenvalue weighted by molar-refractivity contribution is 1.02. The third kappa shape index (κ3) is 5.23. The Bertz CT molecular complexity index is 1570. The van der Waals surface area contributed by atoms with Crippen LogP contribution in [0.15, 0.2) is 152 Å². The predicted octanol–water partition coefficient (Wildman–Crippen LogP) is 8.87. The molecule has 182 valence electrons. The smallest absolute Gasteiger partial charge is 0.0705 e. The highest BCUT2D eigenvalue weighted by Crippen LogP contribution is 2.35. The van der Waals surface area contributed by atoms with Gasteiger partial charge in [0.25, 0.3) is 0 Å². The van der Waals surface area contributed by atoms with Crippen molar-refractivity contribution in [2.45, 2.75) is 6.42 Å². The van der Waals surface area contributed by atoms with Gasteiger partial charge in [0.15, 0.2) is 0 Å². The molecule has 2 heterocycles. The molecule has 3 heteroatoms. The molecule has 0 fully saturated rings. The first-order valence-corrected chi connectivity index (χ1v) is 12.8. The van der Waals surface area contributed by atoms with E-state index in [9.17, 15) is 0 Å². The van der Waals surface area contributed by atoms with E-state index in [1.807, 2.05) is 30.3 Å². The normalized spacial score (nSPS) is 10.7. The van der Waals surface area contributed by atoms with Gasteiger partial charge in [-0.05, 0) is 60.7 Å². The van der Waals surface area contributed by atoms with Gasteiger partial charge in [0.2, 0.25) is 0 Å². The van der Waals surface area contributed by atoms with Gasteiger partial charge in [-0.15, -0.1) is 0 Å². The third-order valence-electron chi connectivity index (χ3n) is 6.50. The second-order valence-electron chi connectivity index (χ2n) is 9.12. The summed E-state index contributed by atoms with van der Waals surface area (Å²) in [7, 11) is 0. The van der Waals surface area contributed by atoms with Gasteiger partial charge in [-0.2, -0.15) is 0 Å². The summed E-state index contributed by atoms with van der Waals surface area (Å²) in [6.45, 7) is 0. The lowest BCUT2D eigenvalue weighted by Gasteiger charge is -2.25. The van der Waals surface area contributed by atoms with Gasteiger partial charge in [0.1, 0.15) is 0 Å². The van der Waals surface area contributed by atoms with Crippen molar-refractivity contribution in [2.24, 2.45) is 0 Å². The van der Waals surface area contributed by atoms with Crippen molar-refractivity contribution in [1.82, 2.24) is 9.97 Å². The Morgan fingerprint density at radius 1 is 0.368 bits per heavy atom. The maximum atomic E-state index is 4.98. The second-order valence-corrected chi connectivity index (χ2v) is 9.12. The van der Waals surface area contributed by atoms with E-state index in [1.165, 1.54) is 0 Å². The van der Waals surface area contributed by atoms with Crippen LogP contribution in [-0.4, -0.2) is 9.97 Å². The van der Waals surface area contributed by atoms with Gasteiger partial charge < -0.3 is 4.90 Å². The lowest BCUT2D eigenvalue weighted by atomic mass is 10.1. The summed E-state index contributed by atoms with van der Waals surface area (Å²) in [5.41, 5.74) is 9.50. The molecule has 38 heavy (non-hydrogen) atoms. The van der Waals surface area contributed by atoms with Crippen LogP contribution in [0.3, 0.4) is 0 Å². The van der Waals surface area contributed by atoms with E-state index < -0.39 is 0 Å². The number of para-hydroxylation sites is 2. The van der Waals surface area contributed by atoms with Crippen LogP contribution < -0.4 is 4.90 Å². The van der Waals surface area contributed by atoms with Crippen LogP contribution in [-0.2, 0) is 6.42 Å². The minimum atomic E-state index is 0.683. The first-order chi connectivity index (χ1) is 18.8. The van der Waals surface area contributed by atoms with Gasteiger partial charge in [-0.3, -0.25) is 9.97 Å². The van der Waals surface area contributed by atoms with Crippen LogP contribution in [0.1, 0.15) is 11.4 Å². The second kappa shape index (κ2) is 10.9. The number of nitrogens with zero attached hydrogens (tertiary/aromatic N) is 3. The van der Waals surface area contributed by atoms with E-state index in [4.69, 9.17) is 9.97 Å². The average molecular weight is 490 g/mol. The Morgan fingerprint density at radius 3 is 1.29 bits per heavy atom. The maximum absolute atomic E-state index is 4.98. The van der Waals surface area contributed by atoms with Crippen LogP contribution >= 0.6 is 0 Å². The molecule has 0 atom stereocenters. The van der Waals surface area contributed by atoms with Crippen molar-refractivity contribution in [3.8, 4) is 22.5 Å². The summed E-state index contributed by atoms with van der Waals surface area (Å²) in [5, 5.41) is 0. The molecule has 0 saturated carbocycles. The van der Waals surface area contributed by atoms with E-state index in [0.29, 0.717) is 6.42 Å². The molecule has 6 aromatic rings.